The lowest BCUT2D eigenvalue weighted by Gasteiger charge is -2.15. The molecule has 5 rings (SSSR count). The highest BCUT2D eigenvalue weighted by molar-refractivity contribution is 6.16. The van der Waals surface area contributed by atoms with Crippen molar-refractivity contribution < 1.29 is 18.0 Å². The molecule has 3 aromatic heterocycles. The first-order valence-corrected chi connectivity index (χ1v) is 10.7. The minimum absolute atomic E-state index is 0.177. The zero-order valence-electron chi connectivity index (χ0n) is 18.8. The van der Waals surface area contributed by atoms with Crippen LogP contribution in [0.4, 0.5) is 36.2 Å². The first-order valence-electron chi connectivity index (χ1n) is 10.7. The van der Waals surface area contributed by atoms with Crippen LogP contribution in [0.25, 0.3) is 21.7 Å². The van der Waals surface area contributed by atoms with E-state index in [1.807, 2.05) is 6.92 Å². The summed E-state index contributed by atoms with van der Waals surface area (Å²) in [6, 6.07) is 12.7. The highest BCUT2D eigenvalue weighted by Gasteiger charge is 2.32. The lowest BCUT2D eigenvalue weighted by atomic mass is 10.0. The first kappa shape index (κ1) is 23.0. The summed E-state index contributed by atoms with van der Waals surface area (Å²) in [4.78, 5) is 29.1. The molecule has 2 aromatic carbocycles. The molecular formula is C25H18F3N7O. The molecule has 0 aliphatic heterocycles. The van der Waals surface area contributed by atoms with Crippen molar-refractivity contribution in [2.24, 2.45) is 0 Å². The molecule has 0 saturated carbocycles. The van der Waals surface area contributed by atoms with E-state index >= 15 is 0 Å². The van der Waals surface area contributed by atoms with Gasteiger partial charge in [0.15, 0.2) is 0 Å². The molecule has 0 aliphatic rings. The number of alkyl halides is 3. The number of nitrogens with two attached hydrogens (primary N) is 1. The molecule has 5 aromatic rings. The van der Waals surface area contributed by atoms with Gasteiger partial charge in [-0.1, -0.05) is 18.2 Å². The van der Waals surface area contributed by atoms with Crippen molar-refractivity contribution in [3.05, 3.63) is 84.1 Å². The molecule has 3 heterocycles. The van der Waals surface area contributed by atoms with Crippen molar-refractivity contribution in [1.82, 2.24) is 19.9 Å². The van der Waals surface area contributed by atoms with Crippen LogP contribution >= 0.6 is 0 Å². The van der Waals surface area contributed by atoms with E-state index in [9.17, 15) is 18.0 Å². The first-order chi connectivity index (χ1) is 17.2. The van der Waals surface area contributed by atoms with Crippen LogP contribution in [-0.4, -0.2) is 25.8 Å². The predicted molar refractivity (Wildman–Crippen MR) is 131 cm³/mol. The maximum absolute atomic E-state index is 13.3. The van der Waals surface area contributed by atoms with Crippen LogP contribution in [0.5, 0.6) is 0 Å². The van der Waals surface area contributed by atoms with E-state index < -0.39 is 17.8 Å². The van der Waals surface area contributed by atoms with Crippen molar-refractivity contribution in [2.45, 2.75) is 13.1 Å². The number of aromatic nitrogens is 4. The molecule has 0 saturated heterocycles. The van der Waals surface area contributed by atoms with Crippen LogP contribution < -0.4 is 16.4 Å². The van der Waals surface area contributed by atoms with E-state index in [2.05, 4.69) is 30.6 Å². The van der Waals surface area contributed by atoms with Crippen LogP contribution in [0.2, 0.25) is 0 Å². The minimum Gasteiger partial charge on any atom is -0.383 e. The number of amides is 1. The summed E-state index contributed by atoms with van der Waals surface area (Å²) in [5.74, 6) is 0.195. The molecule has 0 bridgehead atoms. The Morgan fingerprint density at radius 3 is 2.53 bits per heavy atom. The highest BCUT2D eigenvalue weighted by Crippen LogP contribution is 2.34. The standard InChI is InChI=1S/C25H18F3N7O/c1-13-5-6-16-15(8-10-31-23(16)34-14-7-9-30-19(11-14)25(26,27)28)20(13)35-24(36)18-4-2-3-17-21(18)32-12-33-22(17)29/h2-12H,1H3,(H,35,36)(H2,29,32,33)(H,30,31,34). The number of anilines is 4. The number of nitrogens with one attached hydrogen (secondary N) is 2. The van der Waals surface area contributed by atoms with E-state index in [0.717, 1.165) is 17.8 Å². The topological polar surface area (TPSA) is 119 Å². The summed E-state index contributed by atoms with van der Waals surface area (Å²) in [7, 11) is 0. The number of pyridine rings is 2. The summed E-state index contributed by atoms with van der Waals surface area (Å²) in [6.07, 6.45) is -0.690. The average molecular weight is 489 g/mol. The molecule has 36 heavy (non-hydrogen) atoms. The second kappa shape index (κ2) is 8.77. The molecule has 11 heteroatoms. The molecule has 0 fully saturated rings. The third-order valence-electron chi connectivity index (χ3n) is 5.65. The molecule has 0 radical (unpaired) electrons. The third-order valence-corrected chi connectivity index (χ3v) is 5.65. The van der Waals surface area contributed by atoms with Gasteiger partial charge in [-0.3, -0.25) is 9.78 Å². The van der Waals surface area contributed by atoms with Gasteiger partial charge in [-0.25, -0.2) is 15.0 Å². The van der Waals surface area contributed by atoms with Gasteiger partial charge in [0.1, 0.15) is 23.7 Å². The lowest BCUT2D eigenvalue weighted by Crippen LogP contribution is -2.14. The largest absolute Gasteiger partial charge is 0.433 e. The number of halogens is 3. The average Bonchev–Trinajstić information content (AvgIpc) is 2.85. The Hall–Kier alpha value is -4.80. The predicted octanol–water partition coefficient (Wildman–Crippen LogP) is 5.48. The number of fused-ring (bicyclic) bond motifs is 2. The Labute approximate surface area is 202 Å². The van der Waals surface area contributed by atoms with Crippen molar-refractivity contribution in [3.63, 3.8) is 0 Å². The Balaban J connectivity index is 1.53. The number of hydrogen-bond acceptors (Lipinski definition) is 7. The molecule has 0 atom stereocenters. The Bertz CT molecular complexity index is 1640. The van der Waals surface area contributed by atoms with Gasteiger partial charge in [-0.05, 0) is 42.8 Å². The Morgan fingerprint density at radius 1 is 0.917 bits per heavy atom. The normalized spacial score (nSPS) is 11.6. The molecule has 1 amide bonds. The number of nitrogen functional groups attached to an aromatic ring is 1. The molecule has 4 N–H and O–H groups in total. The molecule has 8 nitrogen and oxygen atoms in total. The third kappa shape index (κ3) is 4.22. The summed E-state index contributed by atoms with van der Waals surface area (Å²) >= 11 is 0. The van der Waals surface area contributed by atoms with Crippen molar-refractivity contribution in [1.29, 1.82) is 0 Å². The number of benzene rings is 2. The number of para-hydroxylation sites is 1. The van der Waals surface area contributed by atoms with Gasteiger partial charge in [0.2, 0.25) is 0 Å². The Morgan fingerprint density at radius 2 is 1.72 bits per heavy atom. The van der Waals surface area contributed by atoms with E-state index in [1.54, 1.807) is 36.4 Å². The Kier molecular flexibility index (Phi) is 5.59. The fourth-order valence-corrected chi connectivity index (χ4v) is 3.90. The van der Waals surface area contributed by atoms with Crippen molar-refractivity contribution in [3.8, 4) is 0 Å². The van der Waals surface area contributed by atoms with Crippen LogP contribution in [0, 0.1) is 6.92 Å². The van der Waals surface area contributed by atoms with Crippen molar-refractivity contribution >= 4 is 50.6 Å². The monoisotopic (exact) mass is 489 g/mol. The number of carbonyl (C=O) groups is 1. The van der Waals surface area contributed by atoms with Gasteiger partial charge in [-0.2, -0.15) is 13.2 Å². The number of nitrogens with zero attached hydrogens (tertiary/aromatic N) is 4. The summed E-state index contributed by atoms with van der Waals surface area (Å²) in [5.41, 5.74) is 7.14. The van der Waals surface area contributed by atoms with Crippen molar-refractivity contribution in [2.75, 3.05) is 16.4 Å². The van der Waals surface area contributed by atoms with Gasteiger partial charge in [-0.15, -0.1) is 0 Å². The van der Waals surface area contributed by atoms with E-state index in [0.29, 0.717) is 38.7 Å². The van der Waals surface area contributed by atoms with Gasteiger partial charge in [0.05, 0.1) is 16.8 Å². The molecular weight excluding hydrogens is 471 g/mol. The zero-order valence-corrected chi connectivity index (χ0v) is 18.8. The maximum Gasteiger partial charge on any atom is 0.433 e. The summed E-state index contributed by atoms with van der Waals surface area (Å²) < 4.78 is 39.2. The van der Waals surface area contributed by atoms with Crippen LogP contribution in [0.15, 0.2) is 67.3 Å². The number of hydrogen-bond donors (Lipinski definition) is 3. The van der Waals surface area contributed by atoms with Gasteiger partial charge < -0.3 is 16.4 Å². The van der Waals surface area contributed by atoms with Crippen LogP contribution in [0.1, 0.15) is 21.6 Å². The number of rotatable bonds is 4. The fraction of sp³-hybridized carbons (Fsp3) is 0.0800. The molecule has 0 aliphatic carbocycles. The fourth-order valence-electron chi connectivity index (χ4n) is 3.90. The van der Waals surface area contributed by atoms with E-state index in [1.165, 1.54) is 18.6 Å². The van der Waals surface area contributed by atoms with E-state index in [-0.39, 0.29) is 11.5 Å². The quantitative estimate of drug-likeness (QED) is 0.306. The lowest BCUT2D eigenvalue weighted by molar-refractivity contribution is -0.141. The van der Waals surface area contributed by atoms with Gasteiger partial charge >= 0.3 is 6.18 Å². The summed E-state index contributed by atoms with van der Waals surface area (Å²) in [5, 5.41) is 7.69. The molecule has 0 spiro atoms. The van der Waals surface area contributed by atoms with E-state index in [4.69, 9.17) is 5.73 Å². The number of aryl methyl sites for hydroxylation is 1. The van der Waals surface area contributed by atoms with Crippen LogP contribution in [-0.2, 0) is 6.18 Å². The SMILES string of the molecule is Cc1ccc2c(Nc3ccnc(C(F)(F)F)c3)nccc2c1NC(=O)c1cccc2c(N)ncnc12. The molecule has 180 valence electrons. The van der Waals surface area contributed by atoms with Gasteiger partial charge in [0.25, 0.3) is 5.91 Å². The minimum atomic E-state index is -4.57. The zero-order chi connectivity index (χ0) is 25.4. The second-order valence-corrected chi connectivity index (χ2v) is 7.98. The second-order valence-electron chi connectivity index (χ2n) is 7.98. The summed E-state index contributed by atoms with van der Waals surface area (Å²) in [6.45, 7) is 1.84. The maximum atomic E-state index is 13.3. The van der Waals surface area contributed by atoms with Crippen LogP contribution in [0.3, 0.4) is 0 Å². The van der Waals surface area contributed by atoms with Gasteiger partial charge in [0, 0.05) is 34.2 Å². The smallest absolute Gasteiger partial charge is 0.383 e. The number of carbonyl (C=O) groups excluding carboxylic acids is 1. The highest BCUT2D eigenvalue weighted by atomic mass is 19.4. The molecule has 0 unspecified atom stereocenters.